The highest BCUT2D eigenvalue weighted by molar-refractivity contribution is 6.15. The predicted molar refractivity (Wildman–Crippen MR) is 130 cm³/mol. The SMILES string of the molecule is CCOc1cccc(CCOc2cc(OC(=O)N(C)C)cc3c2c(C(N)=O)c2ccccn23)c1. The third-order valence-electron chi connectivity index (χ3n) is 5.35. The normalized spacial score (nSPS) is 10.9. The molecule has 0 saturated carbocycles. The van der Waals surface area contributed by atoms with Gasteiger partial charge in [0.2, 0.25) is 0 Å². The predicted octanol–water partition coefficient (Wildman–Crippen LogP) is 4.27. The summed E-state index contributed by atoms with van der Waals surface area (Å²) >= 11 is 0. The Labute approximate surface area is 197 Å². The van der Waals surface area contributed by atoms with Crippen LogP contribution in [0.25, 0.3) is 16.4 Å². The lowest BCUT2D eigenvalue weighted by Crippen LogP contribution is -2.25. The standard InChI is InChI=1S/C26H27N3O5/c1-4-32-18-9-7-8-17(14-18)11-13-33-22-16-19(34-26(31)28(2)3)15-21-23(22)24(25(27)30)20-10-5-6-12-29(20)21/h5-10,12,14-16H,4,11,13H2,1-3H3,(H2,27,30). The van der Waals surface area contributed by atoms with E-state index in [0.717, 1.165) is 11.3 Å². The van der Waals surface area contributed by atoms with Gasteiger partial charge in [0.15, 0.2) is 0 Å². The van der Waals surface area contributed by atoms with Crippen LogP contribution in [0.2, 0.25) is 0 Å². The second-order valence-corrected chi connectivity index (χ2v) is 7.95. The van der Waals surface area contributed by atoms with Crippen molar-refractivity contribution >= 4 is 28.4 Å². The van der Waals surface area contributed by atoms with E-state index < -0.39 is 12.0 Å². The summed E-state index contributed by atoms with van der Waals surface area (Å²) in [7, 11) is 3.21. The zero-order valence-corrected chi connectivity index (χ0v) is 19.4. The molecule has 2 N–H and O–H groups in total. The molecule has 2 aromatic carbocycles. The molecule has 4 rings (SSSR count). The van der Waals surface area contributed by atoms with E-state index in [1.807, 2.05) is 60.0 Å². The Bertz CT molecular complexity index is 1360. The van der Waals surface area contributed by atoms with E-state index in [4.69, 9.17) is 19.9 Å². The van der Waals surface area contributed by atoms with E-state index >= 15 is 0 Å². The van der Waals surface area contributed by atoms with E-state index in [9.17, 15) is 9.59 Å². The van der Waals surface area contributed by atoms with Crippen LogP contribution >= 0.6 is 0 Å². The largest absolute Gasteiger partial charge is 0.494 e. The van der Waals surface area contributed by atoms with Crippen LogP contribution in [0.3, 0.4) is 0 Å². The fourth-order valence-corrected chi connectivity index (χ4v) is 3.85. The lowest BCUT2D eigenvalue weighted by molar-refractivity contribution is 0.100. The van der Waals surface area contributed by atoms with Crippen molar-refractivity contribution in [3.63, 3.8) is 0 Å². The molecule has 0 aliphatic heterocycles. The quantitative estimate of drug-likeness (QED) is 0.423. The van der Waals surface area contributed by atoms with Gasteiger partial charge in [-0.05, 0) is 36.8 Å². The molecule has 0 bridgehead atoms. The number of carbonyl (C=O) groups excluding carboxylic acids is 2. The van der Waals surface area contributed by atoms with Gasteiger partial charge in [0.25, 0.3) is 5.91 Å². The van der Waals surface area contributed by atoms with Gasteiger partial charge in [-0.25, -0.2) is 4.79 Å². The Balaban J connectivity index is 1.74. The number of nitrogens with two attached hydrogens (primary N) is 1. The molecule has 8 nitrogen and oxygen atoms in total. The van der Waals surface area contributed by atoms with Gasteiger partial charge < -0.3 is 29.2 Å². The molecule has 2 amide bonds. The van der Waals surface area contributed by atoms with Crippen molar-refractivity contribution in [2.75, 3.05) is 27.3 Å². The van der Waals surface area contributed by atoms with Crippen LogP contribution in [0.5, 0.6) is 17.2 Å². The molecule has 0 saturated heterocycles. The summed E-state index contributed by atoms with van der Waals surface area (Å²) < 4.78 is 19.1. The summed E-state index contributed by atoms with van der Waals surface area (Å²) in [6.07, 6.45) is 1.92. The minimum atomic E-state index is -0.564. The van der Waals surface area contributed by atoms with Crippen molar-refractivity contribution in [3.8, 4) is 17.2 Å². The highest BCUT2D eigenvalue weighted by Crippen LogP contribution is 2.37. The molecular weight excluding hydrogens is 434 g/mol. The second kappa shape index (κ2) is 9.74. The van der Waals surface area contributed by atoms with Crippen LogP contribution in [0.4, 0.5) is 4.79 Å². The molecule has 2 aromatic heterocycles. The van der Waals surface area contributed by atoms with Crippen molar-refractivity contribution in [2.24, 2.45) is 5.73 Å². The summed E-state index contributed by atoms with van der Waals surface area (Å²) in [6.45, 7) is 2.87. The first kappa shape index (κ1) is 23.0. The molecule has 4 aromatic rings. The number of amides is 2. The maximum absolute atomic E-state index is 12.4. The summed E-state index contributed by atoms with van der Waals surface area (Å²) in [4.78, 5) is 26.0. The van der Waals surface area contributed by atoms with Crippen molar-refractivity contribution < 1.29 is 23.8 Å². The molecule has 34 heavy (non-hydrogen) atoms. The highest BCUT2D eigenvalue weighted by Gasteiger charge is 2.22. The third-order valence-corrected chi connectivity index (χ3v) is 5.35. The molecule has 176 valence electrons. The maximum atomic E-state index is 12.4. The Morgan fingerprint density at radius 2 is 1.79 bits per heavy atom. The average Bonchev–Trinajstić information content (AvgIpc) is 3.14. The monoisotopic (exact) mass is 461 g/mol. The Morgan fingerprint density at radius 1 is 0.971 bits per heavy atom. The first-order chi connectivity index (χ1) is 16.4. The van der Waals surface area contributed by atoms with Crippen LogP contribution in [0.15, 0.2) is 60.8 Å². The first-order valence-corrected chi connectivity index (χ1v) is 11.0. The second-order valence-electron chi connectivity index (χ2n) is 7.95. The topological polar surface area (TPSA) is 95.5 Å². The minimum Gasteiger partial charge on any atom is -0.494 e. The number of hydrogen-bond acceptors (Lipinski definition) is 5. The van der Waals surface area contributed by atoms with E-state index in [1.54, 1.807) is 26.2 Å². The molecule has 2 heterocycles. The minimum absolute atomic E-state index is 0.304. The third kappa shape index (κ3) is 4.61. The number of benzene rings is 2. The smallest absolute Gasteiger partial charge is 0.414 e. The van der Waals surface area contributed by atoms with Gasteiger partial charge in [0.1, 0.15) is 17.2 Å². The lowest BCUT2D eigenvalue weighted by atomic mass is 10.1. The van der Waals surface area contributed by atoms with Crippen LogP contribution in [-0.2, 0) is 6.42 Å². The van der Waals surface area contributed by atoms with Crippen molar-refractivity contribution in [1.82, 2.24) is 9.30 Å². The van der Waals surface area contributed by atoms with E-state index in [0.29, 0.717) is 53.1 Å². The van der Waals surface area contributed by atoms with Crippen LogP contribution in [-0.4, -0.2) is 48.6 Å². The van der Waals surface area contributed by atoms with Gasteiger partial charge in [0.05, 0.1) is 35.2 Å². The van der Waals surface area contributed by atoms with Crippen molar-refractivity contribution in [1.29, 1.82) is 0 Å². The number of pyridine rings is 1. The summed E-state index contributed by atoms with van der Waals surface area (Å²) in [6, 6.07) is 16.6. The number of hydrogen-bond donors (Lipinski definition) is 1. The van der Waals surface area contributed by atoms with Crippen molar-refractivity contribution in [2.45, 2.75) is 13.3 Å². The maximum Gasteiger partial charge on any atom is 0.414 e. The first-order valence-electron chi connectivity index (χ1n) is 11.0. The molecular formula is C26H27N3O5. The van der Waals surface area contributed by atoms with Gasteiger partial charge in [-0.1, -0.05) is 18.2 Å². The molecule has 0 aliphatic rings. The number of carbonyl (C=O) groups is 2. The summed E-state index contributed by atoms with van der Waals surface area (Å²) in [5.74, 6) is 0.956. The lowest BCUT2D eigenvalue weighted by Gasteiger charge is -2.14. The van der Waals surface area contributed by atoms with Gasteiger partial charge in [-0.3, -0.25) is 4.79 Å². The molecule has 0 atom stereocenters. The number of rotatable bonds is 8. The summed E-state index contributed by atoms with van der Waals surface area (Å²) in [5.41, 5.74) is 8.48. The number of aromatic nitrogens is 1. The van der Waals surface area contributed by atoms with Crippen LogP contribution < -0.4 is 19.9 Å². The van der Waals surface area contributed by atoms with Gasteiger partial charge in [0, 0.05) is 38.8 Å². The van der Waals surface area contributed by atoms with Crippen LogP contribution in [0.1, 0.15) is 22.8 Å². The Kier molecular flexibility index (Phi) is 6.58. The van der Waals surface area contributed by atoms with Gasteiger partial charge in [-0.2, -0.15) is 0 Å². The van der Waals surface area contributed by atoms with Gasteiger partial charge >= 0.3 is 6.09 Å². The number of primary amides is 1. The molecule has 0 unspecified atom stereocenters. The van der Waals surface area contributed by atoms with Crippen molar-refractivity contribution in [3.05, 3.63) is 71.9 Å². The number of fused-ring (bicyclic) bond motifs is 3. The van der Waals surface area contributed by atoms with E-state index in [2.05, 4.69) is 0 Å². The fourth-order valence-electron chi connectivity index (χ4n) is 3.85. The Hall–Kier alpha value is -4.20. The average molecular weight is 462 g/mol. The highest BCUT2D eigenvalue weighted by atomic mass is 16.6. The molecule has 0 radical (unpaired) electrons. The Morgan fingerprint density at radius 3 is 2.53 bits per heavy atom. The number of nitrogens with zero attached hydrogens (tertiary/aromatic N) is 2. The summed E-state index contributed by atoms with van der Waals surface area (Å²) in [5, 5.41) is 0.575. The zero-order valence-electron chi connectivity index (χ0n) is 19.4. The molecule has 0 fully saturated rings. The van der Waals surface area contributed by atoms with Gasteiger partial charge in [-0.15, -0.1) is 0 Å². The van der Waals surface area contributed by atoms with E-state index in [1.165, 1.54) is 4.90 Å². The fraction of sp³-hybridized carbons (Fsp3) is 0.231. The zero-order chi connectivity index (χ0) is 24.2. The van der Waals surface area contributed by atoms with E-state index in [-0.39, 0.29) is 0 Å². The molecule has 0 aliphatic carbocycles. The number of ether oxygens (including phenoxy) is 3. The molecule has 0 spiro atoms. The molecule has 8 heteroatoms. The van der Waals surface area contributed by atoms with Crippen LogP contribution in [0, 0.1) is 0 Å².